The molecular weight excluding hydrogens is 336 g/mol. The predicted octanol–water partition coefficient (Wildman–Crippen LogP) is 5.15. The Hall–Kier alpha value is -1.73. The normalized spacial score (nSPS) is 14.9. The van der Waals surface area contributed by atoms with Crippen molar-refractivity contribution in [2.24, 2.45) is 0 Å². The largest absolute Gasteiger partial charge is 0.481 e. The highest BCUT2D eigenvalue weighted by Gasteiger charge is 2.03. The molecule has 6 heteroatoms. The van der Waals surface area contributed by atoms with Crippen molar-refractivity contribution in [1.29, 1.82) is 0 Å². The van der Waals surface area contributed by atoms with E-state index in [1.807, 2.05) is 12.2 Å². The van der Waals surface area contributed by atoms with Crippen molar-refractivity contribution in [2.75, 3.05) is 0 Å². The summed E-state index contributed by atoms with van der Waals surface area (Å²) in [6, 6.07) is 0. The highest BCUT2D eigenvalue weighted by Crippen LogP contribution is 2.07. The molecule has 0 aromatic carbocycles. The first-order valence-electron chi connectivity index (χ1n) is 9.12. The van der Waals surface area contributed by atoms with Crippen LogP contribution in [0.4, 0.5) is 0 Å². The van der Waals surface area contributed by atoms with Gasteiger partial charge in [-0.25, -0.2) is 9.78 Å². The Bertz CT molecular complexity index is 453. The lowest BCUT2D eigenvalue weighted by Gasteiger charge is -2.07. The Balaban J connectivity index is 4.08. The lowest BCUT2D eigenvalue weighted by atomic mass is 10.1. The number of hydrogen-bond acceptors (Lipinski definition) is 5. The molecule has 0 aromatic rings. The van der Waals surface area contributed by atoms with Crippen LogP contribution in [0.15, 0.2) is 48.6 Å². The maximum atomic E-state index is 10.4. The molecule has 0 saturated carbocycles. The van der Waals surface area contributed by atoms with Crippen molar-refractivity contribution in [3.8, 4) is 0 Å². The zero-order valence-corrected chi connectivity index (χ0v) is 15.5. The molecule has 0 saturated heterocycles. The fourth-order valence-corrected chi connectivity index (χ4v) is 2.16. The summed E-state index contributed by atoms with van der Waals surface area (Å²) in [6.07, 6.45) is 19.6. The maximum Gasteiger partial charge on any atom is 0.303 e. The van der Waals surface area contributed by atoms with E-state index < -0.39 is 12.1 Å². The highest BCUT2D eigenvalue weighted by atomic mass is 17.1. The summed E-state index contributed by atoms with van der Waals surface area (Å²) in [5.41, 5.74) is 0. The molecular formula is C20H32O6. The predicted molar refractivity (Wildman–Crippen MR) is 102 cm³/mol. The monoisotopic (exact) mass is 368 g/mol. The zero-order valence-electron chi connectivity index (χ0n) is 15.5. The second kappa shape index (κ2) is 18.1. The van der Waals surface area contributed by atoms with Gasteiger partial charge in [0.25, 0.3) is 0 Å². The van der Waals surface area contributed by atoms with Crippen molar-refractivity contribution in [3.63, 3.8) is 0 Å². The minimum absolute atomic E-state index is 0.156. The number of carboxylic acids is 1. The molecule has 0 unspecified atom stereocenters. The fraction of sp³-hybridized carbons (Fsp3) is 0.550. The Kier molecular flexibility index (Phi) is 16.9. The van der Waals surface area contributed by atoms with Crippen LogP contribution < -0.4 is 0 Å². The number of aliphatic carboxylic acids is 1. The zero-order chi connectivity index (χ0) is 19.5. The molecule has 26 heavy (non-hydrogen) atoms. The van der Waals surface area contributed by atoms with Gasteiger partial charge in [-0.1, -0.05) is 74.8 Å². The molecule has 0 bridgehead atoms. The standard InChI is InChI=1S/C20H32O6/c1-2-3-8-13-18(25-23)14-9-4-5-10-15-19(26-24)16-11-6-7-12-17-20(21)22/h4-6,9-11,14-15,18-19,23-24H,2-3,7-8,12-13,16-17H2,1H3,(H,21,22)/b5-4-,11-6-,14-9+,15-10+/t18-,19+/m0/s1. The third-order valence-corrected chi connectivity index (χ3v) is 3.64. The first-order valence-corrected chi connectivity index (χ1v) is 9.12. The number of hydrogen-bond donors (Lipinski definition) is 3. The smallest absolute Gasteiger partial charge is 0.303 e. The molecule has 0 aliphatic heterocycles. The molecule has 0 aromatic heterocycles. The number of carbonyl (C=O) groups is 1. The summed E-state index contributed by atoms with van der Waals surface area (Å²) in [6.45, 7) is 2.12. The van der Waals surface area contributed by atoms with E-state index in [9.17, 15) is 4.79 Å². The van der Waals surface area contributed by atoms with Gasteiger partial charge in [-0.3, -0.25) is 15.3 Å². The Labute approximate surface area is 156 Å². The molecule has 0 aliphatic carbocycles. The third kappa shape index (κ3) is 15.8. The number of unbranched alkanes of at least 4 members (excludes halogenated alkanes) is 3. The SMILES string of the molecule is CCCCC[C@@H](/C=C/C=C\C=C\[C@H](C/C=C\CCCC(=O)O)OO)OO. The van der Waals surface area contributed by atoms with Crippen LogP contribution in [-0.2, 0) is 14.6 Å². The Morgan fingerprint density at radius 3 is 2.15 bits per heavy atom. The van der Waals surface area contributed by atoms with Crippen molar-refractivity contribution in [2.45, 2.75) is 70.5 Å². The summed E-state index contributed by atoms with van der Waals surface area (Å²) >= 11 is 0. The van der Waals surface area contributed by atoms with Crippen molar-refractivity contribution in [3.05, 3.63) is 48.6 Å². The molecule has 6 nitrogen and oxygen atoms in total. The van der Waals surface area contributed by atoms with Crippen LogP contribution >= 0.6 is 0 Å². The van der Waals surface area contributed by atoms with Crippen molar-refractivity contribution < 1.29 is 30.2 Å². The summed E-state index contributed by atoms with van der Waals surface area (Å²) in [7, 11) is 0. The van der Waals surface area contributed by atoms with Crippen LogP contribution in [-0.4, -0.2) is 33.8 Å². The van der Waals surface area contributed by atoms with E-state index in [1.165, 1.54) is 0 Å². The van der Waals surface area contributed by atoms with Gasteiger partial charge in [0.15, 0.2) is 0 Å². The van der Waals surface area contributed by atoms with E-state index in [0.29, 0.717) is 19.3 Å². The average molecular weight is 368 g/mol. The third-order valence-electron chi connectivity index (χ3n) is 3.64. The molecule has 0 rings (SSSR count). The molecule has 0 spiro atoms. The van der Waals surface area contributed by atoms with Crippen LogP contribution in [0.3, 0.4) is 0 Å². The van der Waals surface area contributed by atoms with Crippen LogP contribution in [0.25, 0.3) is 0 Å². The summed E-state index contributed by atoms with van der Waals surface area (Å²) in [5.74, 6) is -0.795. The first-order chi connectivity index (χ1) is 12.6. The van der Waals surface area contributed by atoms with E-state index in [2.05, 4.69) is 16.7 Å². The summed E-state index contributed by atoms with van der Waals surface area (Å²) in [5, 5.41) is 26.2. The molecule has 0 fully saturated rings. The topological polar surface area (TPSA) is 96.2 Å². The molecule has 0 heterocycles. The quantitative estimate of drug-likeness (QED) is 0.115. The summed E-state index contributed by atoms with van der Waals surface area (Å²) < 4.78 is 0. The fourth-order valence-electron chi connectivity index (χ4n) is 2.16. The minimum atomic E-state index is -0.795. The first kappa shape index (κ1) is 24.3. The van der Waals surface area contributed by atoms with Crippen LogP contribution in [0, 0.1) is 0 Å². The van der Waals surface area contributed by atoms with Crippen molar-refractivity contribution in [1.82, 2.24) is 0 Å². The average Bonchev–Trinajstić information content (AvgIpc) is 2.63. The van der Waals surface area contributed by atoms with Crippen molar-refractivity contribution >= 4 is 5.97 Å². The minimum Gasteiger partial charge on any atom is -0.481 e. The highest BCUT2D eigenvalue weighted by molar-refractivity contribution is 5.66. The molecule has 2 atom stereocenters. The van der Waals surface area contributed by atoms with E-state index >= 15 is 0 Å². The van der Waals surface area contributed by atoms with Crippen LogP contribution in [0.5, 0.6) is 0 Å². The number of carboxylic acid groups (broad SMARTS) is 1. The molecule has 0 aliphatic rings. The molecule has 3 N–H and O–H groups in total. The lowest BCUT2D eigenvalue weighted by molar-refractivity contribution is -0.267. The van der Waals surface area contributed by atoms with Crippen LogP contribution in [0.2, 0.25) is 0 Å². The van der Waals surface area contributed by atoms with Gasteiger partial charge in [-0.05, 0) is 25.7 Å². The van der Waals surface area contributed by atoms with Gasteiger partial charge in [-0.2, -0.15) is 0 Å². The van der Waals surface area contributed by atoms with Gasteiger partial charge in [0.05, 0.1) is 0 Å². The Morgan fingerprint density at radius 1 is 0.923 bits per heavy atom. The lowest BCUT2D eigenvalue weighted by Crippen LogP contribution is -2.06. The van der Waals surface area contributed by atoms with Gasteiger partial charge in [-0.15, -0.1) is 0 Å². The summed E-state index contributed by atoms with van der Waals surface area (Å²) in [4.78, 5) is 19.2. The van der Waals surface area contributed by atoms with Crippen LogP contribution in [0.1, 0.15) is 58.3 Å². The van der Waals surface area contributed by atoms with E-state index in [4.69, 9.17) is 15.6 Å². The van der Waals surface area contributed by atoms with E-state index in [0.717, 1.165) is 25.7 Å². The number of allylic oxidation sites excluding steroid dienone is 5. The molecule has 0 radical (unpaired) electrons. The van der Waals surface area contributed by atoms with Gasteiger partial charge >= 0.3 is 5.97 Å². The second-order valence-corrected chi connectivity index (χ2v) is 5.93. The van der Waals surface area contributed by atoms with E-state index in [1.54, 1.807) is 36.5 Å². The van der Waals surface area contributed by atoms with Gasteiger partial charge in [0.2, 0.25) is 0 Å². The second-order valence-electron chi connectivity index (χ2n) is 5.93. The van der Waals surface area contributed by atoms with Gasteiger partial charge in [0, 0.05) is 6.42 Å². The number of rotatable bonds is 16. The Morgan fingerprint density at radius 2 is 1.58 bits per heavy atom. The van der Waals surface area contributed by atoms with Gasteiger partial charge in [0.1, 0.15) is 12.2 Å². The maximum absolute atomic E-state index is 10.4. The van der Waals surface area contributed by atoms with E-state index in [-0.39, 0.29) is 12.5 Å². The molecule has 0 amide bonds. The molecule has 148 valence electrons. The van der Waals surface area contributed by atoms with Gasteiger partial charge < -0.3 is 5.11 Å².